The highest BCUT2D eigenvalue weighted by Gasteiger charge is 2.29. The van der Waals surface area contributed by atoms with Crippen molar-refractivity contribution in [3.8, 4) is 10.6 Å². The summed E-state index contributed by atoms with van der Waals surface area (Å²) in [6, 6.07) is 14.7. The number of carbonyl (C=O) groups is 1. The van der Waals surface area contributed by atoms with E-state index in [-0.39, 0.29) is 10.8 Å². The van der Waals surface area contributed by atoms with Crippen LogP contribution in [0.5, 0.6) is 0 Å². The zero-order chi connectivity index (χ0) is 21.0. The van der Waals surface area contributed by atoms with Crippen LogP contribution in [0.1, 0.15) is 13.8 Å². The van der Waals surface area contributed by atoms with E-state index in [4.69, 9.17) is 0 Å². The van der Waals surface area contributed by atoms with Gasteiger partial charge in [-0.1, -0.05) is 71.4 Å². The molecule has 0 saturated heterocycles. The number of benzene rings is 2. The number of sulfonamides is 1. The van der Waals surface area contributed by atoms with Crippen LogP contribution in [0.3, 0.4) is 0 Å². The minimum Gasteiger partial charge on any atom is -0.299 e. The van der Waals surface area contributed by atoms with Gasteiger partial charge in [-0.25, -0.2) is 8.42 Å². The molecule has 0 aliphatic rings. The largest absolute Gasteiger partial charge is 0.299 e. The first-order valence-electron chi connectivity index (χ1n) is 8.74. The molecule has 0 radical (unpaired) electrons. The van der Waals surface area contributed by atoms with Crippen LogP contribution >= 0.6 is 27.3 Å². The molecule has 0 aliphatic carbocycles. The number of nitrogens with zero attached hydrogens (tertiary/aromatic N) is 2. The Morgan fingerprint density at radius 1 is 1.03 bits per heavy atom. The second-order valence-corrected chi connectivity index (χ2v) is 10.2. The van der Waals surface area contributed by atoms with E-state index in [1.54, 1.807) is 26.0 Å². The van der Waals surface area contributed by atoms with Crippen LogP contribution in [0.15, 0.2) is 64.0 Å². The molecule has 0 unspecified atom stereocenters. The van der Waals surface area contributed by atoms with Crippen LogP contribution in [-0.4, -0.2) is 30.6 Å². The molecule has 29 heavy (non-hydrogen) atoms. The van der Waals surface area contributed by atoms with Crippen molar-refractivity contribution >= 4 is 48.3 Å². The Bertz CT molecular complexity index is 1080. The van der Waals surface area contributed by atoms with E-state index in [2.05, 4.69) is 36.2 Å². The molecule has 10 heteroatoms. The van der Waals surface area contributed by atoms with Gasteiger partial charge in [0.2, 0.25) is 21.1 Å². The summed E-state index contributed by atoms with van der Waals surface area (Å²) in [5.41, 5.74) is 0.891. The van der Waals surface area contributed by atoms with Crippen molar-refractivity contribution < 1.29 is 13.2 Å². The molecule has 7 nitrogen and oxygen atoms in total. The lowest BCUT2D eigenvalue weighted by Gasteiger charge is -2.21. The summed E-state index contributed by atoms with van der Waals surface area (Å²) in [7, 11) is -3.86. The Kier molecular flexibility index (Phi) is 6.78. The van der Waals surface area contributed by atoms with Gasteiger partial charge >= 0.3 is 0 Å². The molecule has 152 valence electrons. The van der Waals surface area contributed by atoms with E-state index < -0.39 is 22.0 Å². The Balaban J connectivity index is 1.75. The first kappa shape index (κ1) is 21.6. The summed E-state index contributed by atoms with van der Waals surface area (Å²) in [6.45, 7) is 3.54. The smallest absolute Gasteiger partial charge is 0.244 e. The zero-order valence-corrected chi connectivity index (χ0v) is 18.9. The van der Waals surface area contributed by atoms with Crippen molar-refractivity contribution in [3.63, 3.8) is 0 Å². The molecule has 1 atom stereocenters. The van der Waals surface area contributed by atoms with Gasteiger partial charge in [0.1, 0.15) is 11.0 Å². The van der Waals surface area contributed by atoms with Gasteiger partial charge < -0.3 is 0 Å². The van der Waals surface area contributed by atoms with Gasteiger partial charge in [-0.15, -0.1) is 10.2 Å². The van der Waals surface area contributed by atoms with Crippen molar-refractivity contribution in [2.45, 2.75) is 24.8 Å². The highest BCUT2D eigenvalue weighted by atomic mass is 79.9. The molecule has 0 fully saturated rings. The minimum atomic E-state index is -3.86. The number of halogens is 1. The third-order valence-corrected chi connectivity index (χ3v) is 6.90. The highest BCUT2D eigenvalue weighted by molar-refractivity contribution is 9.10. The van der Waals surface area contributed by atoms with E-state index in [0.29, 0.717) is 10.1 Å². The van der Waals surface area contributed by atoms with Crippen LogP contribution in [0.25, 0.3) is 10.6 Å². The van der Waals surface area contributed by atoms with Crippen molar-refractivity contribution in [2.24, 2.45) is 5.92 Å². The average Bonchev–Trinajstić information content (AvgIpc) is 3.15. The first-order valence-corrected chi connectivity index (χ1v) is 11.8. The topological polar surface area (TPSA) is 101 Å². The summed E-state index contributed by atoms with van der Waals surface area (Å²) in [6.07, 6.45) is 0. The van der Waals surface area contributed by atoms with Crippen LogP contribution in [0.2, 0.25) is 0 Å². The Morgan fingerprint density at radius 2 is 1.69 bits per heavy atom. The molecular weight excluding hydrogens is 476 g/mol. The molecule has 3 aromatic rings. The summed E-state index contributed by atoms with van der Waals surface area (Å²) in [5.74, 6) is -0.766. The summed E-state index contributed by atoms with van der Waals surface area (Å²) < 4.78 is 28.6. The first-order chi connectivity index (χ1) is 13.8. The fourth-order valence-electron chi connectivity index (χ4n) is 2.50. The second kappa shape index (κ2) is 9.12. The van der Waals surface area contributed by atoms with Gasteiger partial charge in [-0.3, -0.25) is 10.1 Å². The second-order valence-electron chi connectivity index (χ2n) is 6.56. The molecular formula is C19H19BrN4O3S2. The molecule has 1 amide bonds. The maximum atomic E-state index is 12.8. The maximum Gasteiger partial charge on any atom is 0.244 e. The van der Waals surface area contributed by atoms with E-state index >= 15 is 0 Å². The summed E-state index contributed by atoms with van der Waals surface area (Å²) >= 11 is 4.50. The van der Waals surface area contributed by atoms with Gasteiger partial charge in [0.25, 0.3) is 0 Å². The molecule has 3 rings (SSSR count). The van der Waals surface area contributed by atoms with Crippen LogP contribution < -0.4 is 10.0 Å². The number of hydrogen-bond acceptors (Lipinski definition) is 6. The Morgan fingerprint density at radius 3 is 2.31 bits per heavy atom. The third kappa shape index (κ3) is 5.47. The van der Waals surface area contributed by atoms with E-state index in [1.165, 1.54) is 23.5 Å². The van der Waals surface area contributed by atoms with Gasteiger partial charge in [-0.05, 0) is 30.2 Å². The van der Waals surface area contributed by atoms with Crippen LogP contribution in [-0.2, 0) is 14.8 Å². The number of nitrogens with one attached hydrogen (secondary N) is 2. The predicted molar refractivity (Wildman–Crippen MR) is 117 cm³/mol. The number of amides is 1. The van der Waals surface area contributed by atoms with Crippen molar-refractivity contribution in [1.82, 2.24) is 14.9 Å². The van der Waals surface area contributed by atoms with Crippen molar-refractivity contribution in [3.05, 3.63) is 59.1 Å². The van der Waals surface area contributed by atoms with Crippen molar-refractivity contribution in [2.75, 3.05) is 5.32 Å². The Hall–Kier alpha value is -2.14. The van der Waals surface area contributed by atoms with Gasteiger partial charge in [0.05, 0.1) is 4.90 Å². The quantitative estimate of drug-likeness (QED) is 0.518. The molecule has 0 saturated carbocycles. The number of anilines is 1. The lowest BCUT2D eigenvalue weighted by atomic mass is 10.1. The molecule has 1 heterocycles. The van der Waals surface area contributed by atoms with E-state index in [1.807, 2.05) is 30.3 Å². The monoisotopic (exact) mass is 494 g/mol. The number of rotatable bonds is 7. The zero-order valence-electron chi connectivity index (χ0n) is 15.7. The van der Waals surface area contributed by atoms with E-state index in [9.17, 15) is 13.2 Å². The van der Waals surface area contributed by atoms with Gasteiger partial charge in [0.15, 0.2) is 0 Å². The van der Waals surface area contributed by atoms with Crippen LogP contribution in [0.4, 0.5) is 5.13 Å². The van der Waals surface area contributed by atoms with Crippen molar-refractivity contribution in [1.29, 1.82) is 0 Å². The minimum absolute atomic E-state index is 0.0847. The molecule has 2 N–H and O–H groups in total. The summed E-state index contributed by atoms with van der Waals surface area (Å²) in [5, 5.41) is 11.7. The fourth-order valence-corrected chi connectivity index (χ4v) is 4.86. The molecule has 0 aliphatic heterocycles. The van der Waals surface area contributed by atoms with Gasteiger partial charge in [0, 0.05) is 10.0 Å². The highest BCUT2D eigenvalue weighted by Crippen LogP contribution is 2.26. The average molecular weight is 495 g/mol. The number of aromatic nitrogens is 2. The van der Waals surface area contributed by atoms with Crippen LogP contribution in [0, 0.1) is 5.92 Å². The Labute approximate surface area is 181 Å². The molecule has 2 aromatic carbocycles. The SMILES string of the molecule is CC(C)[C@H](NS(=O)(=O)c1ccc(Br)cc1)C(=O)Nc1nnc(-c2ccccc2)s1. The predicted octanol–water partition coefficient (Wildman–Crippen LogP) is 3.91. The number of hydrogen-bond donors (Lipinski definition) is 2. The normalized spacial score (nSPS) is 12.7. The third-order valence-electron chi connectivity index (χ3n) is 4.03. The lowest BCUT2D eigenvalue weighted by Crippen LogP contribution is -2.47. The fraction of sp³-hybridized carbons (Fsp3) is 0.211. The summed E-state index contributed by atoms with van der Waals surface area (Å²) in [4.78, 5) is 12.8. The molecule has 1 aromatic heterocycles. The number of carbonyl (C=O) groups excluding carboxylic acids is 1. The molecule has 0 spiro atoms. The van der Waals surface area contributed by atoms with E-state index in [0.717, 1.165) is 10.0 Å². The van der Waals surface area contributed by atoms with Gasteiger partial charge in [-0.2, -0.15) is 4.72 Å². The maximum absolute atomic E-state index is 12.8. The lowest BCUT2D eigenvalue weighted by molar-refractivity contribution is -0.118. The standard InChI is InChI=1S/C19H19BrN4O3S2/c1-12(2)16(24-29(26,27)15-10-8-14(20)9-11-15)17(25)21-19-23-22-18(28-19)13-6-4-3-5-7-13/h3-12,16,24H,1-2H3,(H,21,23,25)/t16-/m0/s1. The molecule has 0 bridgehead atoms.